The van der Waals surface area contributed by atoms with Gasteiger partial charge < -0.3 is 19.3 Å². The molecule has 0 spiro atoms. The van der Waals surface area contributed by atoms with E-state index in [0.29, 0.717) is 38.3 Å². The number of hydrogen-bond acceptors (Lipinski definition) is 9. The Balaban J connectivity index is 1.49. The number of nitrogens with zero attached hydrogens (tertiary/aromatic N) is 6. The summed E-state index contributed by atoms with van der Waals surface area (Å²) in [6.45, 7) is 5.62. The summed E-state index contributed by atoms with van der Waals surface area (Å²) in [5.41, 5.74) is 4.02. The van der Waals surface area contributed by atoms with Crippen molar-refractivity contribution in [2.45, 2.75) is 6.17 Å². The van der Waals surface area contributed by atoms with Crippen molar-refractivity contribution in [2.24, 2.45) is 15.1 Å². The molecule has 0 saturated carbocycles. The Morgan fingerprint density at radius 2 is 1.50 bits per heavy atom. The number of ether oxygens (including phenoxy) is 2. The Bertz CT molecular complexity index is 814. The Morgan fingerprint density at radius 1 is 0.857 bits per heavy atom. The van der Waals surface area contributed by atoms with E-state index in [1.807, 2.05) is 4.90 Å². The molecule has 5 rings (SSSR count). The minimum atomic E-state index is -0.285. The first-order valence-corrected chi connectivity index (χ1v) is 9.50. The minimum absolute atomic E-state index is 0.267. The van der Waals surface area contributed by atoms with Gasteiger partial charge in [-0.25, -0.2) is 4.39 Å². The highest BCUT2D eigenvalue weighted by Gasteiger charge is 2.39. The highest BCUT2D eigenvalue weighted by atomic mass is 19.1. The molecular formula is C18H22FN7O2. The van der Waals surface area contributed by atoms with Crippen molar-refractivity contribution >= 4 is 17.9 Å². The molecule has 1 aromatic rings. The van der Waals surface area contributed by atoms with Crippen molar-refractivity contribution in [3.05, 3.63) is 35.6 Å². The predicted molar refractivity (Wildman–Crippen MR) is 101 cm³/mol. The van der Waals surface area contributed by atoms with E-state index >= 15 is 0 Å². The fourth-order valence-corrected chi connectivity index (χ4v) is 3.65. The summed E-state index contributed by atoms with van der Waals surface area (Å²) >= 11 is 0. The quantitative estimate of drug-likeness (QED) is 0.751. The predicted octanol–water partition coefficient (Wildman–Crippen LogP) is 0.391. The molecule has 1 aromatic carbocycles. The third-order valence-electron chi connectivity index (χ3n) is 5.15. The van der Waals surface area contributed by atoms with Crippen LogP contribution in [0.4, 0.5) is 4.39 Å². The third kappa shape index (κ3) is 3.18. The molecule has 4 aliphatic heterocycles. The van der Waals surface area contributed by atoms with Gasteiger partial charge in [0.25, 0.3) is 5.96 Å². The van der Waals surface area contributed by atoms with Crippen molar-refractivity contribution in [3.63, 3.8) is 0 Å². The van der Waals surface area contributed by atoms with Gasteiger partial charge in [-0.2, -0.15) is 9.98 Å². The topological polar surface area (TPSA) is 77.3 Å². The third-order valence-corrected chi connectivity index (χ3v) is 5.15. The van der Waals surface area contributed by atoms with Gasteiger partial charge in [-0.1, -0.05) is 12.1 Å². The lowest BCUT2D eigenvalue weighted by Crippen LogP contribution is -2.54. The van der Waals surface area contributed by atoms with Gasteiger partial charge in [0.15, 0.2) is 6.17 Å². The summed E-state index contributed by atoms with van der Waals surface area (Å²) in [6.07, 6.45) is -0.285. The maximum absolute atomic E-state index is 13.4. The summed E-state index contributed by atoms with van der Waals surface area (Å²) in [4.78, 5) is 15.9. The van der Waals surface area contributed by atoms with Crippen LogP contribution in [0.2, 0.25) is 0 Å². The van der Waals surface area contributed by atoms with E-state index in [0.717, 1.165) is 37.7 Å². The molecule has 28 heavy (non-hydrogen) atoms. The Morgan fingerprint density at radius 3 is 2.18 bits per heavy atom. The SMILES string of the molecule is Fc1ccc(C2NN=C3N=C(N4CCOCC4)N=C(N4CCOCC4)N32)cc1. The fraction of sp³-hybridized carbons (Fsp3) is 0.500. The summed E-state index contributed by atoms with van der Waals surface area (Å²) in [5, 5.41) is 4.44. The lowest BCUT2D eigenvalue weighted by Gasteiger charge is -2.39. The molecule has 0 amide bonds. The van der Waals surface area contributed by atoms with Crippen LogP contribution in [-0.4, -0.2) is 85.2 Å². The zero-order valence-electron chi connectivity index (χ0n) is 15.4. The molecule has 1 unspecified atom stereocenters. The van der Waals surface area contributed by atoms with Crippen LogP contribution >= 0.6 is 0 Å². The smallest absolute Gasteiger partial charge is 0.254 e. The molecule has 9 nitrogen and oxygen atoms in total. The lowest BCUT2D eigenvalue weighted by atomic mass is 10.1. The molecule has 10 heteroatoms. The average molecular weight is 387 g/mol. The Kier molecular flexibility index (Phi) is 4.57. The van der Waals surface area contributed by atoms with Crippen LogP contribution in [0.5, 0.6) is 0 Å². The van der Waals surface area contributed by atoms with Gasteiger partial charge in [-0.3, -0.25) is 10.3 Å². The van der Waals surface area contributed by atoms with E-state index in [2.05, 4.69) is 25.3 Å². The van der Waals surface area contributed by atoms with Crippen LogP contribution in [0.3, 0.4) is 0 Å². The van der Waals surface area contributed by atoms with Crippen molar-refractivity contribution in [3.8, 4) is 0 Å². The average Bonchev–Trinajstić information content (AvgIpc) is 3.19. The largest absolute Gasteiger partial charge is 0.378 e. The van der Waals surface area contributed by atoms with Crippen molar-refractivity contribution < 1.29 is 13.9 Å². The second-order valence-electron chi connectivity index (χ2n) is 6.89. The molecule has 0 bridgehead atoms. The van der Waals surface area contributed by atoms with Gasteiger partial charge in [0.2, 0.25) is 11.9 Å². The van der Waals surface area contributed by atoms with Crippen LogP contribution in [-0.2, 0) is 9.47 Å². The van der Waals surface area contributed by atoms with Gasteiger partial charge >= 0.3 is 0 Å². The molecule has 0 aliphatic carbocycles. The number of morpholine rings is 2. The van der Waals surface area contributed by atoms with E-state index in [1.54, 1.807) is 12.1 Å². The number of hydrazone groups is 1. The van der Waals surface area contributed by atoms with E-state index in [9.17, 15) is 4.39 Å². The van der Waals surface area contributed by atoms with Crippen molar-refractivity contribution in [1.29, 1.82) is 0 Å². The number of halogens is 1. The maximum atomic E-state index is 13.4. The lowest BCUT2D eigenvalue weighted by molar-refractivity contribution is 0.0619. The Labute approximate surface area is 162 Å². The van der Waals surface area contributed by atoms with E-state index in [4.69, 9.17) is 14.5 Å². The molecule has 4 heterocycles. The van der Waals surface area contributed by atoms with Gasteiger partial charge in [0, 0.05) is 26.2 Å². The molecule has 1 atom stereocenters. The van der Waals surface area contributed by atoms with Crippen LogP contribution in [0.25, 0.3) is 0 Å². The molecule has 2 fully saturated rings. The van der Waals surface area contributed by atoms with Crippen LogP contribution in [0, 0.1) is 5.82 Å². The molecule has 1 N–H and O–H groups in total. The van der Waals surface area contributed by atoms with Crippen LogP contribution in [0.15, 0.2) is 39.4 Å². The molecule has 148 valence electrons. The zero-order valence-corrected chi connectivity index (χ0v) is 15.4. The normalized spacial score (nSPS) is 25.0. The highest BCUT2D eigenvalue weighted by Crippen LogP contribution is 2.28. The molecular weight excluding hydrogens is 365 g/mol. The minimum Gasteiger partial charge on any atom is -0.378 e. The van der Waals surface area contributed by atoms with Gasteiger partial charge in [-0.05, 0) is 17.7 Å². The molecule has 4 aliphatic rings. The van der Waals surface area contributed by atoms with Crippen LogP contribution < -0.4 is 5.43 Å². The molecule has 0 aromatic heterocycles. The summed E-state index contributed by atoms with van der Waals surface area (Å²) in [7, 11) is 0. The summed E-state index contributed by atoms with van der Waals surface area (Å²) < 4.78 is 24.3. The van der Waals surface area contributed by atoms with Crippen molar-refractivity contribution in [1.82, 2.24) is 20.1 Å². The summed E-state index contributed by atoms with van der Waals surface area (Å²) in [6, 6.07) is 6.41. The zero-order chi connectivity index (χ0) is 18.9. The van der Waals surface area contributed by atoms with Gasteiger partial charge in [0.1, 0.15) is 5.82 Å². The maximum Gasteiger partial charge on any atom is 0.254 e. The van der Waals surface area contributed by atoms with E-state index in [-0.39, 0.29) is 12.0 Å². The van der Waals surface area contributed by atoms with Gasteiger partial charge in [0.05, 0.1) is 26.4 Å². The molecule has 2 saturated heterocycles. The summed E-state index contributed by atoms with van der Waals surface area (Å²) in [5.74, 6) is 1.74. The number of rotatable bonds is 1. The van der Waals surface area contributed by atoms with E-state index < -0.39 is 0 Å². The standard InChI is InChI=1S/C18H22FN7O2/c19-14-3-1-13(2-4-14)15-22-23-17-20-16(24-5-9-27-10-6-24)21-18(26(15)17)25-7-11-28-12-8-25/h1-4,15,22H,5-12H2. The Hall–Kier alpha value is -2.72. The first-order chi connectivity index (χ1) is 13.8. The number of fused-ring (bicyclic) bond motifs is 1. The first-order valence-electron chi connectivity index (χ1n) is 9.50. The monoisotopic (exact) mass is 387 g/mol. The second kappa shape index (κ2) is 7.36. The van der Waals surface area contributed by atoms with Crippen molar-refractivity contribution in [2.75, 3.05) is 52.6 Å². The number of benzene rings is 1. The fourth-order valence-electron chi connectivity index (χ4n) is 3.65. The highest BCUT2D eigenvalue weighted by molar-refractivity contribution is 6.12. The van der Waals surface area contributed by atoms with E-state index in [1.165, 1.54) is 12.1 Å². The number of guanidine groups is 3. The molecule has 0 radical (unpaired) electrons. The second-order valence-corrected chi connectivity index (χ2v) is 6.89. The van der Waals surface area contributed by atoms with Gasteiger partial charge in [-0.15, -0.1) is 5.10 Å². The van der Waals surface area contributed by atoms with Crippen LogP contribution in [0.1, 0.15) is 11.7 Å². The first kappa shape index (κ1) is 17.4. The number of nitrogens with one attached hydrogen (secondary N) is 1. The number of hydrogen-bond donors (Lipinski definition) is 1. The number of aliphatic imine (C=N–C) groups is 2.